The van der Waals surface area contributed by atoms with Gasteiger partial charge in [-0.1, -0.05) is 103 Å². The molecule has 7 aromatic rings. The van der Waals surface area contributed by atoms with E-state index in [4.69, 9.17) is 9.41 Å². The molecule has 1 aliphatic heterocycles. The van der Waals surface area contributed by atoms with Crippen molar-refractivity contribution >= 4 is 60.6 Å². The van der Waals surface area contributed by atoms with E-state index in [2.05, 4.69) is 108 Å². The lowest BCUT2D eigenvalue weighted by atomic mass is 9.95. The first-order valence-corrected chi connectivity index (χ1v) is 12.6. The van der Waals surface area contributed by atoms with Crippen molar-refractivity contribution in [3.8, 4) is 11.1 Å². The summed E-state index contributed by atoms with van der Waals surface area (Å²) in [6, 6.07) is 40.4. The number of hydrogen-bond donors (Lipinski definition) is 1. The Morgan fingerprint density at radius 1 is 0.568 bits per heavy atom. The van der Waals surface area contributed by atoms with Crippen LogP contribution in [0.4, 0.5) is 11.4 Å². The molecule has 0 saturated carbocycles. The minimum absolute atomic E-state index is 0.674. The van der Waals surface area contributed by atoms with Crippen molar-refractivity contribution in [1.82, 2.24) is 0 Å². The van der Waals surface area contributed by atoms with Gasteiger partial charge in [0.05, 0.1) is 23.6 Å². The lowest BCUT2D eigenvalue weighted by molar-refractivity contribution is 0.670. The molecule has 0 amide bonds. The number of hydrogen-bond acceptors (Lipinski definition) is 3. The number of anilines is 1. The maximum Gasteiger partial charge on any atom is 0.143 e. The smallest absolute Gasteiger partial charge is 0.143 e. The van der Waals surface area contributed by atoms with Crippen molar-refractivity contribution in [3.05, 3.63) is 121 Å². The third kappa shape index (κ3) is 3.04. The third-order valence-electron chi connectivity index (χ3n) is 7.50. The molecule has 6 aromatic carbocycles. The van der Waals surface area contributed by atoms with Crippen LogP contribution in [0.5, 0.6) is 0 Å². The van der Waals surface area contributed by atoms with Crippen LogP contribution < -0.4 is 5.32 Å². The van der Waals surface area contributed by atoms with E-state index in [9.17, 15) is 0 Å². The zero-order valence-electron chi connectivity index (χ0n) is 20.0. The molecular weight excluding hydrogens is 452 g/mol. The molecule has 3 heteroatoms. The van der Waals surface area contributed by atoms with Crippen LogP contribution in [0.1, 0.15) is 5.56 Å². The molecule has 0 fully saturated rings. The SMILES string of the molecule is c1cc(C2=Nc3c(c4ccccc4c4ccccc34)NC2)cc(-c2cccc3c2oc2ccccc23)c1. The van der Waals surface area contributed by atoms with Gasteiger partial charge in [-0.05, 0) is 34.0 Å². The molecule has 0 atom stereocenters. The van der Waals surface area contributed by atoms with Gasteiger partial charge in [0.15, 0.2) is 0 Å². The van der Waals surface area contributed by atoms with Gasteiger partial charge >= 0.3 is 0 Å². The number of para-hydroxylation sites is 2. The highest BCUT2D eigenvalue weighted by Gasteiger charge is 2.20. The zero-order chi connectivity index (χ0) is 24.3. The molecule has 0 spiro atoms. The van der Waals surface area contributed by atoms with E-state index in [1.165, 1.54) is 21.5 Å². The number of rotatable bonds is 2. The lowest BCUT2D eigenvalue weighted by Crippen LogP contribution is -2.19. The first kappa shape index (κ1) is 20.3. The van der Waals surface area contributed by atoms with Crippen LogP contribution in [0.3, 0.4) is 0 Å². The Bertz CT molecular complexity index is 2050. The summed E-state index contributed by atoms with van der Waals surface area (Å²) in [5.74, 6) is 0. The Labute approximate surface area is 213 Å². The summed E-state index contributed by atoms with van der Waals surface area (Å²) in [5.41, 5.74) is 8.33. The molecule has 37 heavy (non-hydrogen) atoms. The average molecular weight is 475 g/mol. The number of aliphatic imine (C=N–C) groups is 1. The fraction of sp³-hybridized carbons (Fsp3) is 0.0294. The van der Waals surface area contributed by atoms with E-state index in [0.717, 1.165) is 55.7 Å². The fourth-order valence-corrected chi connectivity index (χ4v) is 5.77. The summed E-state index contributed by atoms with van der Waals surface area (Å²) in [5, 5.41) is 10.9. The number of fused-ring (bicyclic) bond motifs is 9. The first-order valence-electron chi connectivity index (χ1n) is 12.6. The second-order valence-corrected chi connectivity index (χ2v) is 9.59. The van der Waals surface area contributed by atoms with Crippen molar-refractivity contribution in [2.45, 2.75) is 0 Å². The largest absolute Gasteiger partial charge is 0.455 e. The summed E-state index contributed by atoms with van der Waals surface area (Å²) >= 11 is 0. The van der Waals surface area contributed by atoms with Crippen molar-refractivity contribution < 1.29 is 4.42 Å². The van der Waals surface area contributed by atoms with Gasteiger partial charge in [0.2, 0.25) is 0 Å². The molecular formula is C34H22N2O. The fourth-order valence-electron chi connectivity index (χ4n) is 5.77. The Hall–Kier alpha value is -4.89. The number of benzene rings is 6. The van der Waals surface area contributed by atoms with Gasteiger partial charge < -0.3 is 9.73 Å². The molecule has 1 aromatic heterocycles. The topological polar surface area (TPSA) is 37.5 Å². The standard InChI is InChI=1S/C34H22N2O/c1-3-14-27-24(11-1)25-12-2-4-15-28(25)33-32(27)35-20-30(36-33)22-10-7-9-21(19-22)23-16-8-17-29-26-13-5-6-18-31(26)37-34(23)29/h1-19,35H,20H2. The van der Waals surface area contributed by atoms with Crippen molar-refractivity contribution in [2.24, 2.45) is 4.99 Å². The van der Waals surface area contributed by atoms with Gasteiger partial charge in [0.25, 0.3) is 0 Å². The summed E-state index contributed by atoms with van der Waals surface area (Å²) < 4.78 is 6.32. The molecule has 8 rings (SSSR count). The van der Waals surface area contributed by atoms with Crippen LogP contribution >= 0.6 is 0 Å². The van der Waals surface area contributed by atoms with Gasteiger partial charge in [-0.25, -0.2) is 4.99 Å². The van der Waals surface area contributed by atoms with E-state index in [1.54, 1.807) is 0 Å². The van der Waals surface area contributed by atoms with Gasteiger partial charge in [-0.3, -0.25) is 0 Å². The molecule has 2 heterocycles. The van der Waals surface area contributed by atoms with E-state index >= 15 is 0 Å². The van der Waals surface area contributed by atoms with Crippen molar-refractivity contribution in [2.75, 3.05) is 11.9 Å². The van der Waals surface area contributed by atoms with Crippen LogP contribution in [0.15, 0.2) is 125 Å². The summed E-state index contributed by atoms with van der Waals surface area (Å²) in [7, 11) is 0. The minimum atomic E-state index is 0.674. The van der Waals surface area contributed by atoms with E-state index in [-0.39, 0.29) is 0 Å². The van der Waals surface area contributed by atoms with Gasteiger partial charge in [-0.2, -0.15) is 0 Å². The Balaban J connectivity index is 1.31. The highest BCUT2D eigenvalue weighted by atomic mass is 16.3. The van der Waals surface area contributed by atoms with E-state index < -0.39 is 0 Å². The first-order chi connectivity index (χ1) is 18.3. The number of nitrogens with one attached hydrogen (secondary N) is 1. The average Bonchev–Trinajstić information content (AvgIpc) is 3.36. The zero-order valence-corrected chi connectivity index (χ0v) is 20.0. The Morgan fingerprint density at radius 3 is 2.08 bits per heavy atom. The second kappa shape index (κ2) is 7.81. The molecule has 3 nitrogen and oxygen atoms in total. The van der Waals surface area contributed by atoms with Crippen LogP contribution in [-0.4, -0.2) is 12.3 Å². The quantitative estimate of drug-likeness (QED) is 0.254. The van der Waals surface area contributed by atoms with E-state index in [0.29, 0.717) is 6.54 Å². The summed E-state index contributed by atoms with van der Waals surface area (Å²) in [6.45, 7) is 0.674. The maximum atomic E-state index is 6.32. The Kier molecular flexibility index (Phi) is 4.29. The minimum Gasteiger partial charge on any atom is -0.455 e. The molecule has 0 radical (unpaired) electrons. The predicted molar refractivity (Wildman–Crippen MR) is 155 cm³/mol. The second-order valence-electron chi connectivity index (χ2n) is 9.59. The maximum absolute atomic E-state index is 6.32. The number of furan rings is 1. The summed E-state index contributed by atoms with van der Waals surface area (Å²) in [6.07, 6.45) is 0. The van der Waals surface area contributed by atoms with Gasteiger partial charge in [0.1, 0.15) is 11.2 Å². The monoisotopic (exact) mass is 474 g/mol. The van der Waals surface area contributed by atoms with Crippen LogP contribution in [0.25, 0.3) is 54.6 Å². The highest BCUT2D eigenvalue weighted by Crippen LogP contribution is 2.44. The number of nitrogens with zero attached hydrogens (tertiary/aromatic N) is 1. The molecule has 0 aliphatic carbocycles. The molecule has 1 N–H and O–H groups in total. The third-order valence-corrected chi connectivity index (χ3v) is 7.50. The van der Waals surface area contributed by atoms with E-state index in [1.807, 2.05) is 12.1 Å². The van der Waals surface area contributed by atoms with Gasteiger partial charge in [-0.15, -0.1) is 0 Å². The van der Waals surface area contributed by atoms with Crippen LogP contribution in [-0.2, 0) is 0 Å². The van der Waals surface area contributed by atoms with Crippen LogP contribution in [0.2, 0.25) is 0 Å². The highest BCUT2D eigenvalue weighted by molar-refractivity contribution is 6.22. The molecule has 0 unspecified atom stereocenters. The molecule has 0 saturated heterocycles. The predicted octanol–water partition coefficient (Wildman–Crippen LogP) is 9.11. The molecule has 0 bridgehead atoms. The molecule has 1 aliphatic rings. The van der Waals surface area contributed by atoms with Gasteiger partial charge in [0, 0.05) is 27.1 Å². The van der Waals surface area contributed by atoms with Crippen molar-refractivity contribution in [3.63, 3.8) is 0 Å². The lowest BCUT2D eigenvalue weighted by Gasteiger charge is -2.22. The summed E-state index contributed by atoms with van der Waals surface area (Å²) in [4.78, 5) is 5.26. The van der Waals surface area contributed by atoms with Crippen LogP contribution in [0, 0.1) is 0 Å². The van der Waals surface area contributed by atoms with Crippen molar-refractivity contribution in [1.29, 1.82) is 0 Å². The Morgan fingerprint density at radius 2 is 1.22 bits per heavy atom. The normalized spacial score (nSPS) is 13.1. The molecule has 174 valence electrons.